The van der Waals surface area contributed by atoms with Crippen molar-refractivity contribution in [3.05, 3.63) is 59.0 Å². The molecule has 108 valence electrons. The first kappa shape index (κ1) is 14.1. The van der Waals surface area contributed by atoms with Crippen molar-refractivity contribution in [1.29, 1.82) is 0 Å². The van der Waals surface area contributed by atoms with E-state index in [1.54, 1.807) is 0 Å². The van der Waals surface area contributed by atoms with Crippen LogP contribution in [-0.4, -0.2) is 14.5 Å². The second-order valence-electron chi connectivity index (χ2n) is 5.45. The number of pyridine rings is 1. The van der Waals surface area contributed by atoms with E-state index in [4.69, 9.17) is 11.6 Å². The number of benzene rings is 1. The lowest BCUT2D eigenvalue weighted by molar-refractivity contribution is 0.735. The second kappa shape index (κ2) is 5.49. The quantitative estimate of drug-likeness (QED) is 0.671. The number of nitrogens with zero attached hydrogens (tertiary/aromatic N) is 3. The fraction of sp³-hybridized carbons (Fsp3) is 0.294. The zero-order valence-electron chi connectivity index (χ0n) is 12.5. The third-order valence-corrected chi connectivity index (χ3v) is 3.77. The summed E-state index contributed by atoms with van der Waals surface area (Å²) in [5, 5.41) is -0.148. The Labute approximate surface area is 129 Å². The monoisotopic (exact) mass is 299 g/mol. The maximum Gasteiger partial charge on any atom is 0.160 e. The fourth-order valence-electron chi connectivity index (χ4n) is 2.45. The maximum atomic E-state index is 6.30. The molecule has 1 unspecified atom stereocenters. The predicted octanol–water partition coefficient (Wildman–Crippen LogP) is 4.40. The van der Waals surface area contributed by atoms with E-state index in [1.165, 1.54) is 11.1 Å². The molecular formula is C17H18ClN3. The summed E-state index contributed by atoms with van der Waals surface area (Å²) in [4.78, 5) is 9.27. The number of hydrogen-bond donors (Lipinski definition) is 0. The van der Waals surface area contributed by atoms with Crippen LogP contribution < -0.4 is 0 Å². The lowest BCUT2D eigenvalue weighted by Gasteiger charge is -2.10. The SMILES string of the molecule is Cc1ccc(Cn2c(C(C)Cl)nc3ccc(C)nc32)cc1. The van der Waals surface area contributed by atoms with Crippen molar-refractivity contribution in [2.75, 3.05) is 0 Å². The van der Waals surface area contributed by atoms with Gasteiger partial charge in [-0.25, -0.2) is 9.97 Å². The second-order valence-corrected chi connectivity index (χ2v) is 6.11. The minimum atomic E-state index is -0.148. The van der Waals surface area contributed by atoms with Crippen LogP contribution in [0.15, 0.2) is 36.4 Å². The van der Waals surface area contributed by atoms with E-state index in [2.05, 4.69) is 45.7 Å². The van der Waals surface area contributed by atoms with Gasteiger partial charge in [0.15, 0.2) is 5.65 Å². The molecule has 0 amide bonds. The van der Waals surface area contributed by atoms with Crippen LogP contribution in [-0.2, 0) is 6.54 Å². The largest absolute Gasteiger partial charge is 0.307 e. The Morgan fingerprint density at radius 1 is 1.05 bits per heavy atom. The van der Waals surface area contributed by atoms with Gasteiger partial charge in [0, 0.05) is 5.69 Å². The molecule has 1 aromatic carbocycles. The molecule has 0 radical (unpaired) electrons. The van der Waals surface area contributed by atoms with E-state index >= 15 is 0 Å². The molecular weight excluding hydrogens is 282 g/mol. The summed E-state index contributed by atoms with van der Waals surface area (Å²) in [5.41, 5.74) is 5.27. The molecule has 21 heavy (non-hydrogen) atoms. The third kappa shape index (κ3) is 2.79. The van der Waals surface area contributed by atoms with Crippen LogP contribution in [0.5, 0.6) is 0 Å². The summed E-state index contributed by atoms with van der Waals surface area (Å²) >= 11 is 6.30. The van der Waals surface area contributed by atoms with E-state index in [0.717, 1.165) is 29.2 Å². The predicted molar refractivity (Wildman–Crippen MR) is 86.8 cm³/mol. The van der Waals surface area contributed by atoms with Crippen molar-refractivity contribution in [2.45, 2.75) is 32.7 Å². The summed E-state index contributed by atoms with van der Waals surface area (Å²) < 4.78 is 2.12. The molecule has 0 aliphatic rings. The molecule has 4 heteroatoms. The van der Waals surface area contributed by atoms with Gasteiger partial charge in [0.05, 0.1) is 11.9 Å². The van der Waals surface area contributed by atoms with E-state index in [1.807, 2.05) is 26.0 Å². The summed E-state index contributed by atoms with van der Waals surface area (Å²) in [5.74, 6) is 0.866. The number of halogens is 1. The highest BCUT2D eigenvalue weighted by Crippen LogP contribution is 2.24. The Balaban J connectivity index is 2.12. The first-order chi connectivity index (χ1) is 10.0. The highest BCUT2D eigenvalue weighted by molar-refractivity contribution is 6.20. The van der Waals surface area contributed by atoms with E-state index in [0.29, 0.717) is 0 Å². The summed E-state index contributed by atoms with van der Waals surface area (Å²) in [6.07, 6.45) is 0. The molecule has 1 atom stereocenters. The number of fused-ring (bicyclic) bond motifs is 1. The number of alkyl halides is 1. The van der Waals surface area contributed by atoms with Crippen molar-refractivity contribution in [3.8, 4) is 0 Å². The molecule has 0 fully saturated rings. The summed E-state index contributed by atoms with van der Waals surface area (Å²) in [6.45, 7) is 6.76. The Hall–Kier alpha value is -1.87. The van der Waals surface area contributed by atoms with Crippen LogP contribution in [0.4, 0.5) is 0 Å². The molecule has 0 saturated carbocycles. The molecule has 0 spiro atoms. The van der Waals surface area contributed by atoms with Gasteiger partial charge in [-0.2, -0.15) is 0 Å². The number of aromatic nitrogens is 3. The average Bonchev–Trinajstić information content (AvgIpc) is 2.80. The van der Waals surface area contributed by atoms with Crippen LogP contribution in [0.25, 0.3) is 11.2 Å². The molecule has 3 aromatic rings. The minimum absolute atomic E-state index is 0.148. The van der Waals surface area contributed by atoms with Gasteiger partial charge < -0.3 is 4.57 Å². The zero-order chi connectivity index (χ0) is 15.0. The molecule has 0 bridgehead atoms. The lowest BCUT2D eigenvalue weighted by Crippen LogP contribution is -2.06. The Bertz CT molecular complexity index is 773. The number of hydrogen-bond acceptors (Lipinski definition) is 2. The van der Waals surface area contributed by atoms with Crippen LogP contribution in [0, 0.1) is 13.8 Å². The maximum absolute atomic E-state index is 6.30. The van der Waals surface area contributed by atoms with E-state index < -0.39 is 0 Å². The summed E-state index contributed by atoms with van der Waals surface area (Å²) in [6, 6.07) is 12.5. The number of imidazole rings is 1. The van der Waals surface area contributed by atoms with Crippen LogP contribution >= 0.6 is 11.6 Å². The summed E-state index contributed by atoms with van der Waals surface area (Å²) in [7, 11) is 0. The molecule has 3 rings (SSSR count). The number of rotatable bonds is 3. The fourth-order valence-corrected chi connectivity index (χ4v) is 2.62. The van der Waals surface area contributed by atoms with E-state index in [9.17, 15) is 0 Å². The molecule has 2 aromatic heterocycles. The minimum Gasteiger partial charge on any atom is -0.307 e. The van der Waals surface area contributed by atoms with Gasteiger partial charge in [-0.15, -0.1) is 11.6 Å². The van der Waals surface area contributed by atoms with Crippen LogP contribution in [0.1, 0.15) is 34.9 Å². The Kier molecular flexibility index (Phi) is 3.68. The molecule has 2 heterocycles. The van der Waals surface area contributed by atoms with Crippen molar-refractivity contribution in [1.82, 2.24) is 14.5 Å². The molecule has 3 nitrogen and oxygen atoms in total. The first-order valence-corrected chi connectivity index (χ1v) is 7.51. The Morgan fingerprint density at radius 2 is 1.76 bits per heavy atom. The van der Waals surface area contributed by atoms with E-state index in [-0.39, 0.29) is 5.38 Å². The smallest absolute Gasteiger partial charge is 0.160 e. The first-order valence-electron chi connectivity index (χ1n) is 7.08. The highest BCUT2D eigenvalue weighted by Gasteiger charge is 2.16. The molecule has 0 N–H and O–H groups in total. The van der Waals surface area contributed by atoms with Gasteiger partial charge >= 0.3 is 0 Å². The molecule has 0 saturated heterocycles. The van der Waals surface area contributed by atoms with Crippen molar-refractivity contribution >= 4 is 22.8 Å². The molecule has 0 aliphatic heterocycles. The van der Waals surface area contributed by atoms with Gasteiger partial charge in [0.1, 0.15) is 11.3 Å². The third-order valence-electron chi connectivity index (χ3n) is 3.58. The van der Waals surface area contributed by atoms with Crippen molar-refractivity contribution in [3.63, 3.8) is 0 Å². The Morgan fingerprint density at radius 3 is 2.43 bits per heavy atom. The van der Waals surface area contributed by atoms with Gasteiger partial charge in [-0.3, -0.25) is 0 Å². The van der Waals surface area contributed by atoms with Crippen molar-refractivity contribution < 1.29 is 0 Å². The van der Waals surface area contributed by atoms with Crippen LogP contribution in [0.2, 0.25) is 0 Å². The topological polar surface area (TPSA) is 30.7 Å². The van der Waals surface area contributed by atoms with Gasteiger partial charge in [-0.1, -0.05) is 29.8 Å². The zero-order valence-corrected chi connectivity index (χ0v) is 13.2. The van der Waals surface area contributed by atoms with Crippen molar-refractivity contribution in [2.24, 2.45) is 0 Å². The lowest BCUT2D eigenvalue weighted by atomic mass is 10.1. The standard InChI is InChI=1S/C17H18ClN3/c1-11-4-7-14(8-5-11)10-21-16(13(3)18)20-15-9-6-12(2)19-17(15)21/h4-9,13H,10H2,1-3H3. The van der Waals surface area contributed by atoms with Gasteiger partial charge in [0.2, 0.25) is 0 Å². The number of aryl methyl sites for hydroxylation is 2. The van der Waals surface area contributed by atoms with Gasteiger partial charge in [0.25, 0.3) is 0 Å². The highest BCUT2D eigenvalue weighted by atomic mass is 35.5. The van der Waals surface area contributed by atoms with Gasteiger partial charge in [-0.05, 0) is 38.5 Å². The normalized spacial score (nSPS) is 12.8. The average molecular weight is 300 g/mol. The van der Waals surface area contributed by atoms with Crippen LogP contribution in [0.3, 0.4) is 0 Å². The molecule has 0 aliphatic carbocycles.